The molecule has 1 saturated heterocycles. The Morgan fingerprint density at radius 1 is 1.29 bits per heavy atom. The van der Waals surface area contributed by atoms with Gasteiger partial charge in [-0.1, -0.05) is 0 Å². The van der Waals surface area contributed by atoms with Crippen molar-refractivity contribution in [2.75, 3.05) is 24.8 Å². The Balaban J connectivity index is 1.96. The maximum Gasteiger partial charge on any atom is 0.322 e. The molecule has 7 nitrogen and oxygen atoms in total. The Morgan fingerprint density at radius 2 is 2.00 bits per heavy atom. The molecule has 0 saturated carbocycles. The number of carbonyl (C=O) groups is 1. The van der Waals surface area contributed by atoms with Crippen LogP contribution in [0.3, 0.4) is 0 Å². The van der Waals surface area contributed by atoms with E-state index >= 15 is 0 Å². The van der Waals surface area contributed by atoms with E-state index in [0.29, 0.717) is 24.7 Å². The van der Waals surface area contributed by atoms with Crippen molar-refractivity contribution in [3.8, 4) is 11.5 Å². The van der Waals surface area contributed by atoms with E-state index in [1.807, 2.05) is 0 Å². The number of aliphatic carboxylic acids is 1. The average Bonchev–Trinajstić information content (AvgIpc) is 2.97. The number of rotatable bonds is 3. The largest absolute Gasteiger partial charge is 0.486 e. The van der Waals surface area contributed by atoms with E-state index in [0.717, 1.165) is 4.31 Å². The summed E-state index contributed by atoms with van der Waals surface area (Å²) in [6.07, 6.45) is 0. The fraction of sp³-hybridized carbons (Fsp3) is 0.417. The number of ether oxygens (including phenoxy) is 2. The quantitative estimate of drug-likeness (QED) is 0.867. The first kappa shape index (κ1) is 14.5. The van der Waals surface area contributed by atoms with Gasteiger partial charge >= 0.3 is 5.97 Å². The van der Waals surface area contributed by atoms with Gasteiger partial charge in [0.25, 0.3) is 0 Å². The molecular weight excluding hydrogens is 318 g/mol. The van der Waals surface area contributed by atoms with Gasteiger partial charge in [-0.3, -0.25) is 4.79 Å². The van der Waals surface area contributed by atoms with Gasteiger partial charge in [-0.25, -0.2) is 8.42 Å². The topological polar surface area (TPSA) is 93.1 Å². The lowest BCUT2D eigenvalue weighted by Crippen LogP contribution is -2.41. The van der Waals surface area contributed by atoms with Crippen LogP contribution in [-0.2, 0) is 14.8 Å². The molecule has 0 aliphatic carbocycles. The summed E-state index contributed by atoms with van der Waals surface area (Å²) in [6.45, 7) is 0.775. The molecule has 0 aromatic heterocycles. The first-order chi connectivity index (χ1) is 10.00. The molecule has 2 aliphatic heterocycles. The number of benzene rings is 1. The Kier molecular flexibility index (Phi) is 3.72. The SMILES string of the molecule is O=C(O)[C@@H]1CSCN1S(=O)(=O)c1ccc2c(c1)OCCO2. The first-order valence-corrected chi connectivity index (χ1v) is 8.81. The van der Waals surface area contributed by atoms with Crippen LogP contribution in [0.15, 0.2) is 23.1 Å². The molecule has 2 aliphatic rings. The Hall–Kier alpha value is -1.45. The maximum absolute atomic E-state index is 12.6. The average molecular weight is 331 g/mol. The van der Waals surface area contributed by atoms with Gasteiger partial charge in [-0.15, -0.1) is 11.8 Å². The summed E-state index contributed by atoms with van der Waals surface area (Å²) < 4.78 is 36.9. The van der Waals surface area contributed by atoms with Crippen LogP contribution >= 0.6 is 11.8 Å². The number of hydrogen-bond acceptors (Lipinski definition) is 6. The second-order valence-electron chi connectivity index (χ2n) is 4.55. The van der Waals surface area contributed by atoms with Crippen LogP contribution in [0.5, 0.6) is 11.5 Å². The van der Waals surface area contributed by atoms with Crippen LogP contribution in [0.25, 0.3) is 0 Å². The van der Waals surface area contributed by atoms with Crippen LogP contribution in [-0.4, -0.2) is 54.7 Å². The van der Waals surface area contributed by atoms with Gasteiger partial charge in [0.1, 0.15) is 19.3 Å². The van der Waals surface area contributed by atoms with E-state index in [1.54, 1.807) is 0 Å². The molecule has 1 N–H and O–H groups in total. The van der Waals surface area contributed by atoms with Crippen LogP contribution in [0.2, 0.25) is 0 Å². The van der Waals surface area contributed by atoms with Gasteiger partial charge < -0.3 is 14.6 Å². The van der Waals surface area contributed by atoms with E-state index in [2.05, 4.69) is 0 Å². The second kappa shape index (κ2) is 5.39. The van der Waals surface area contributed by atoms with Crippen LogP contribution in [0.4, 0.5) is 0 Å². The summed E-state index contributed by atoms with van der Waals surface area (Å²) in [5.74, 6) is 0.0975. The zero-order chi connectivity index (χ0) is 15.0. The number of thioether (sulfide) groups is 1. The zero-order valence-electron chi connectivity index (χ0n) is 10.9. The van der Waals surface area contributed by atoms with Gasteiger partial charge in [-0.05, 0) is 12.1 Å². The van der Waals surface area contributed by atoms with Crippen molar-refractivity contribution in [1.29, 1.82) is 0 Å². The first-order valence-electron chi connectivity index (χ1n) is 6.22. The van der Waals surface area contributed by atoms with Crippen molar-refractivity contribution in [3.63, 3.8) is 0 Å². The Labute approximate surface area is 125 Å². The highest BCUT2D eigenvalue weighted by Gasteiger charge is 2.40. The molecule has 0 radical (unpaired) electrons. The lowest BCUT2D eigenvalue weighted by atomic mass is 10.3. The minimum atomic E-state index is -3.87. The molecule has 0 spiro atoms. The lowest BCUT2D eigenvalue weighted by molar-refractivity contribution is -0.140. The van der Waals surface area contributed by atoms with Gasteiger partial charge in [0, 0.05) is 11.8 Å². The van der Waals surface area contributed by atoms with Crippen molar-refractivity contribution < 1.29 is 27.8 Å². The van der Waals surface area contributed by atoms with E-state index in [4.69, 9.17) is 14.6 Å². The highest BCUT2D eigenvalue weighted by Crippen LogP contribution is 2.35. The van der Waals surface area contributed by atoms with Crippen LogP contribution in [0, 0.1) is 0 Å². The van der Waals surface area contributed by atoms with Gasteiger partial charge in [0.2, 0.25) is 10.0 Å². The monoisotopic (exact) mass is 331 g/mol. The van der Waals surface area contributed by atoms with Crippen molar-refractivity contribution >= 4 is 27.8 Å². The van der Waals surface area contributed by atoms with E-state index in [9.17, 15) is 13.2 Å². The second-order valence-corrected chi connectivity index (χ2v) is 7.44. The number of nitrogens with zero attached hydrogens (tertiary/aromatic N) is 1. The Morgan fingerprint density at radius 3 is 2.71 bits per heavy atom. The molecule has 9 heteroatoms. The van der Waals surface area contributed by atoms with Crippen molar-refractivity contribution in [2.45, 2.75) is 10.9 Å². The molecule has 1 aromatic rings. The smallest absolute Gasteiger partial charge is 0.322 e. The molecular formula is C12H13NO6S2. The van der Waals surface area contributed by atoms with Crippen molar-refractivity contribution in [3.05, 3.63) is 18.2 Å². The molecule has 0 bridgehead atoms. The standard InChI is InChI=1S/C12H13NO6S2/c14-12(15)9-6-20-7-13(9)21(16,17)8-1-2-10-11(5-8)19-4-3-18-10/h1-2,5,9H,3-4,6-7H2,(H,14,15)/t9-/m0/s1. The number of hydrogen-bond donors (Lipinski definition) is 1. The summed E-state index contributed by atoms with van der Waals surface area (Å²) in [7, 11) is -3.87. The highest BCUT2D eigenvalue weighted by atomic mass is 32.2. The summed E-state index contributed by atoms with van der Waals surface area (Å²) in [4.78, 5) is 11.2. The van der Waals surface area contributed by atoms with Gasteiger partial charge in [-0.2, -0.15) is 4.31 Å². The molecule has 21 heavy (non-hydrogen) atoms. The molecule has 2 heterocycles. The predicted molar refractivity (Wildman–Crippen MR) is 75.2 cm³/mol. The minimum absolute atomic E-state index is 0.0144. The third kappa shape index (κ3) is 2.56. The third-order valence-electron chi connectivity index (χ3n) is 3.25. The zero-order valence-corrected chi connectivity index (χ0v) is 12.5. The molecule has 1 atom stereocenters. The molecule has 0 unspecified atom stereocenters. The van der Waals surface area contributed by atoms with Gasteiger partial charge in [0.05, 0.1) is 10.8 Å². The van der Waals surface area contributed by atoms with Crippen LogP contribution < -0.4 is 9.47 Å². The number of sulfonamides is 1. The lowest BCUT2D eigenvalue weighted by Gasteiger charge is -2.22. The summed E-state index contributed by atoms with van der Waals surface area (Å²) >= 11 is 1.28. The summed E-state index contributed by atoms with van der Waals surface area (Å²) in [5.41, 5.74) is 0. The van der Waals surface area contributed by atoms with Gasteiger partial charge in [0.15, 0.2) is 11.5 Å². The Bertz CT molecular complexity index is 674. The molecule has 1 fully saturated rings. The molecule has 1 aromatic carbocycles. The number of carboxylic acids is 1. The molecule has 3 rings (SSSR count). The minimum Gasteiger partial charge on any atom is -0.486 e. The highest BCUT2D eigenvalue weighted by molar-refractivity contribution is 8.00. The van der Waals surface area contributed by atoms with Crippen molar-refractivity contribution in [2.24, 2.45) is 0 Å². The summed E-state index contributed by atoms with van der Waals surface area (Å²) in [5, 5.41) is 9.12. The molecule has 0 amide bonds. The van der Waals surface area contributed by atoms with E-state index in [-0.39, 0.29) is 16.5 Å². The van der Waals surface area contributed by atoms with E-state index in [1.165, 1.54) is 30.0 Å². The van der Waals surface area contributed by atoms with Crippen LogP contribution in [0.1, 0.15) is 0 Å². The molecule has 114 valence electrons. The predicted octanol–water partition coefficient (Wildman–Crippen LogP) is 0.606. The fourth-order valence-corrected chi connectivity index (χ4v) is 5.33. The number of fused-ring (bicyclic) bond motifs is 1. The fourth-order valence-electron chi connectivity index (χ4n) is 2.18. The normalized spacial score (nSPS) is 22.2. The maximum atomic E-state index is 12.6. The van der Waals surface area contributed by atoms with E-state index < -0.39 is 22.0 Å². The third-order valence-corrected chi connectivity index (χ3v) is 6.27. The summed E-state index contributed by atoms with van der Waals surface area (Å²) in [6, 6.07) is 3.28. The van der Waals surface area contributed by atoms with Crippen molar-refractivity contribution in [1.82, 2.24) is 4.31 Å². The number of carboxylic acid groups (broad SMARTS) is 1.